The fraction of sp³-hybridized carbons (Fsp3) is 0.500. The Labute approximate surface area is 111 Å². The van der Waals surface area contributed by atoms with Gasteiger partial charge in [0.2, 0.25) is 0 Å². The van der Waals surface area contributed by atoms with Crippen molar-refractivity contribution in [3.63, 3.8) is 0 Å². The van der Waals surface area contributed by atoms with Crippen molar-refractivity contribution in [1.82, 2.24) is 0 Å². The van der Waals surface area contributed by atoms with E-state index in [2.05, 4.69) is 20.7 Å². The van der Waals surface area contributed by atoms with Gasteiger partial charge < -0.3 is 4.74 Å². The number of ether oxygens (including phenoxy) is 1. The molecular weight excluding hydrogens is 316 g/mol. The second-order valence-corrected chi connectivity index (χ2v) is 4.90. The van der Waals surface area contributed by atoms with Crippen LogP contribution in [0.5, 0.6) is 0 Å². The van der Waals surface area contributed by atoms with Crippen LogP contribution in [0.25, 0.3) is 0 Å². The van der Waals surface area contributed by atoms with Gasteiger partial charge in [-0.25, -0.2) is 0 Å². The molecule has 1 rings (SSSR count). The molecule has 0 aliphatic heterocycles. The van der Waals surface area contributed by atoms with E-state index in [1.165, 1.54) is 0 Å². The summed E-state index contributed by atoms with van der Waals surface area (Å²) in [5, 5.41) is 0. The van der Waals surface area contributed by atoms with Crippen molar-refractivity contribution >= 4 is 15.9 Å². The summed E-state index contributed by atoms with van der Waals surface area (Å²) in [6.45, 7) is -0.270. The summed E-state index contributed by atoms with van der Waals surface area (Å²) in [5.41, 5.74) is 0.938. The fourth-order valence-electron chi connectivity index (χ4n) is 1.25. The molecule has 0 aliphatic carbocycles. The van der Waals surface area contributed by atoms with Crippen molar-refractivity contribution in [1.29, 1.82) is 0 Å². The smallest absolute Gasteiger partial charge is 0.316 e. The van der Waals surface area contributed by atoms with Crippen LogP contribution in [0.15, 0.2) is 28.7 Å². The number of rotatable bonds is 6. The Hall–Kier alpha value is -0.620. The van der Waals surface area contributed by atoms with E-state index in [-0.39, 0.29) is 13.3 Å². The molecular formula is C12H13BrF4O. The highest BCUT2D eigenvalue weighted by Gasteiger charge is 2.53. The van der Waals surface area contributed by atoms with Gasteiger partial charge in [-0.15, -0.1) is 0 Å². The number of aryl methyl sites for hydroxylation is 1. The highest BCUT2D eigenvalue weighted by atomic mass is 79.9. The predicted molar refractivity (Wildman–Crippen MR) is 64.0 cm³/mol. The summed E-state index contributed by atoms with van der Waals surface area (Å²) >= 11 is 3.27. The first-order valence-corrected chi connectivity index (χ1v) is 6.16. The molecule has 0 fully saturated rings. The monoisotopic (exact) mass is 328 g/mol. The van der Waals surface area contributed by atoms with Gasteiger partial charge in [0, 0.05) is 11.4 Å². The molecule has 0 amide bonds. The summed E-state index contributed by atoms with van der Waals surface area (Å²) in [4.78, 5) is 0. The average molecular weight is 329 g/mol. The van der Waals surface area contributed by atoms with Gasteiger partial charge in [0.05, 0.1) is 6.61 Å². The Morgan fingerprint density at radius 2 is 1.67 bits per heavy atom. The molecule has 0 spiro atoms. The fourth-order valence-corrected chi connectivity index (χ4v) is 1.52. The van der Waals surface area contributed by atoms with Gasteiger partial charge in [0.1, 0.15) is 0 Å². The lowest BCUT2D eigenvalue weighted by molar-refractivity contribution is -0.341. The molecule has 0 aliphatic rings. The SMILES string of the molecule is CC(F)(F)C(F)(F)OCCCc1ccc(Br)cc1. The minimum Gasteiger partial charge on any atom is -0.316 e. The topological polar surface area (TPSA) is 9.23 Å². The maximum atomic E-state index is 12.7. The van der Waals surface area contributed by atoms with E-state index in [0.717, 1.165) is 10.0 Å². The van der Waals surface area contributed by atoms with Crippen LogP contribution in [-0.4, -0.2) is 18.6 Å². The third-order valence-corrected chi connectivity index (χ3v) is 2.85. The zero-order chi connectivity index (χ0) is 13.8. The molecule has 1 aromatic rings. The summed E-state index contributed by atoms with van der Waals surface area (Å²) in [7, 11) is 0. The van der Waals surface area contributed by atoms with Crippen LogP contribution in [0.3, 0.4) is 0 Å². The van der Waals surface area contributed by atoms with Crippen LogP contribution in [0.4, 0.5) is 17.6 Å². The molecule has 6 heteroatoms. The quantitative estimate of drug-likeness (QED) is 0.545. The zero-order valence-corrected chi connectivity index (χ0v) is 11.3. The molecule has 0 saturated heterocycles. The lowest BCUT2D eigenvalue weighted by Gasteiger charge is -2.22. The third kappa shape index (κ3) is 4.57. The molecule has 1 nitrogen and oxygen atoms in total. The van der Waals surface area contributed by atoms with Crippen LogP contribution in [0.2, 0.25) is 0 Å². The number of hydrogen-bond donors (Lipinski definition) is 0. The van der Waals surface area contributed by atoms with Crippen LogP contribution in [0, 0.1) is 0 Å². The van der Waals surface area contributed by atoms with Crippen LogP contribution in [0.1, 0.15) is 18.9 Å². The Kier molecular flexibility index (Phi) is 5.16. The van der Waals surface area contributed by atoms with E-state index in [4.69, 9.17) is 0 Å². The molecule has 0 aromatic heterocycles. The molecule has 0 bridgehead atoms. The largest absolute Gasteiger partial charge is 0.419 e. The van der Waals surface area contributed by atoms with Crippen molar-refractivity contribution in [2.75, 3.05) is 6.61 Å². The zero-order valence-electron chi connectivity index (χ0n) is 9.73. The van der Waals surface area contributed by atoms with E-state index in [0.29, 0.717) is 6.42 Å². The summed E-state index contributed by atoms with van der Waals surface area (Å²) in [5.74, 6) is -4.16. The molecule has 102 valence electrons. The van der Waals surface area contributed by atoms with Gasteiger partial charge in [-0.2, -0.15) is 17.6 Å². The highest BCUT2D eigenvalue weighted by molar-refractivity contribution is 9.10. The van der Waals surface area contributed by atoms with Crippen molar-refractivity contribution in [3.8, 4) is 0 Å². The van der Waals surface area contributed by atoms with E-state index in [9.17, 15) is 17.6 Å². The molecule has 0 atom stereocenters. The minimum absolute atomic E-state index is 0.141. The predicted octanol–water partition coefficient (Wildman–Crippen LogP) is 4.65. The lowest BCUT2D eigenvalue weighted by atomic mass is 10.1. The van der Waals surface area contributed by atoms with Gasteiger partial charge in [0.25, 0.3) is 0 Å². The molecule has 0 unspecified atom stereocenters. The highest BCUT2D eigenvalue weighted by Crippen LogP contribution is 2.34. The van der Waals surface area contributed by atoms with Gasteiger partial charge in [-0.3, -0.25) is 0 Å². The molecule has 0 heterocycles. The maximum Gasteiger partial charge on any atom is 0.419 e. The van der Waals surface area contributed by atoms with Crippen molar-refractivity contribution in [2.45, 2.75) is 31.8 Å². The molecule has 0 N–H and O–H groups in total. The Balaban J connectivity index is 2.33. The second kappa shape index (κ2) is 6.02. The van der Waals surface area contributed by atoms with Gasteiger partial charge in [0.15, 0.2) is 0 Å². The third-order valence-electron chi connectivity index (χ3n) is 2.32. The van der Waals surface area contributed by atoms with E-state index in [1.54, 1.807) is 0 Å². The maximum absolute atomic E-state index is 12.7. The first-order chi connectivity index (χ1) is 8.22. The average Bonchev–Trinajstić information content (AvgIpc) is 2.25. The second-order valence-electron chi connectivity index (χ2n) is 3.98. The summed E-state index contributed by atoms with van der Waals surface area (Å²) in [6, 6.07) is 7.31. The van der Waals surface area contributed by atoms with Gasteiger partial charge in [-0.1, -0.05) is 28.1 Å². The molecule has 1 aromatic carbocycles. The van der Waals surface area contributed by atoms with Crippen LogP contribution >= 0.6 is 15.9 Å². The summed E-state index contributed by atoms with van der Waals surface area (Å²) in [6.07, 6.45) is -3.65. The van der Waals surface area contributed by atoms with Crippen molar-refractivity contribution in [2.24, 2.45) is 0 Å². The number of benzene rings is 1. The minimum atomic E-state index is -4.41. The van der Waals surface area contributed by atoms with Crippen molar-refractivity contribution < 1.29 is 22.3 Å². The lowest BCUT2D eigenvalue weighted by Crippen LogP contribution is -2.40. The molecule has 0 radical (unpaired) electrons. The van der Waals surface area contributed by atoms with Crippen LogP contribution in [-0.2, 0) is 11.2 Å². The van der Waals surface area contributed by atoms with Crippen molar-refractivity contribution in [3.05, 3.63) is 34.3 Å². The molecule has 0 saturated carbocycles. The van der Waals surface area contributed by atoms with Gasteiger partial charge >= 0.3 is 12.0 Å². The Morgan fingerprint density at radius 1 is 1.11 bits per heavy atom. The Bertz CT molecular complexity index is 373. The first-order valence-electron chi connectivity index (χ1n) is 5.36. The van der Waals surface area contributed by atoms with Crippen LogP contribution < -0.4 is 0 Å². The van der Waals surface area contributed by atoms with E-state index < -0.39 is 18.6 Å². The standard InChI is InChI=1S/C12H13BrF4O/c1-11(14,15)12(16,17)18-8-2-3-9-4-6-10(13)7-5-9/h4-7H,2-3,8H2,1H3. The van der Waals surface area contributed by atoms with E-state index in [1.807, 2.05) is 24.3 Å². The number of halogens is 5. The first kappa shape index (κ1) is 15.4. The van der Waals surface area contributed by atoms with Gasteiger partial charge in [-0.05, 0) is 30.5 Å². The number of alkyl halides is 4. The molecule has 18 heavy (non-hydrogen) atoms. The normalized spacial score (nSPS) is 12.8. The number of hydrogen-bond acceptors (Lipinski definition) is 1. The Morgan fingerprint density at radius 3 is 2.17 bits per heavy atom. The summed E-state index contributed by atoms with van der Waals surface area (Å²) < 4.78 is 55.2. The van der Waals surface area contributed by atoms with E-state index >= 15 is 0 Å².